The summed E-state index contributed by atoms with van der Waals surface area (Å²) in [5, 5.41) is 15.7. The van der Waals surface area contributed by atoms with E-state index in [1.807, 2.05) is 38.1 Å². The van der Waals surface area contributed by atoms with E-state index in [1.165, 1.54) is 10.9 Å². The molecule has 1 aliphatic rings. The number of carbonyl (C=O) groups is 1. The highest BCUT2D eigenvalue weighted by atomic mass is 19.4. The Morgan fingerprint density at radius 2 is 2.03 bits per heavy atom. The lowest BCUT2D eigenvalue weighted by Crippen LogP contribution is -2.40. The summed E-state index contributed by atoms with van der Waals surface area (Å²) in [7, 11) is 0. The molecule has 0 spiro atoms. The maximum absolute atomic E-state index is 12.5. The van der Waals surface area contributed by atoms with Crippen LogP contribution in [0.4, 0.5) is 19.0 Å². The van der Waals surface area contributed by atoms with Crippen LogP contribution >= 0.6 is 0 Å². The van der Waals surface area contributed by atoms with Crippen LogP contribution in [0.3, 0.4) is 0 Å². The minimum absolute atomic E-state index is 0.197. The van der Waals surface area contributed by atoms with Crippen molar-refractivity contribution in [3.8, 4) is 11.4 Å². The lowest BCUT2D eigenvalue weighted by Gasteiger charge is -2.17. The van der Waals surface area contributed by atoms with E-state index in [4.69, 9.17) is 4.74 Å². The molecule has 0 radical (unpaired) electrons. The fourth-order valence-electron chi connectivity index (χ4n) is 4.28. The molecule has 0 bridgehead atoms. The maximum Gasteiger partial charge on any atom is 0.405 e. The summed E-state index contributed by atoms with van der Waals surface area (Å²) in [6.45, 7) is 2.62. The monoisotopic (exact) mass is 542 g/mol. The number of fused-ring (bicyclic) bond motifs is 1. The third-order valence-electron chi connectivity index (χ3n) is 6.06. The van der Waals surface area contributed by atoms with Gasteiger partial charge in [0.15, 0.2) is 29.0 Å². The number of hydrogen-bond donors (Lipinski definition) is 3. The summed E-state index contributed by atoms with van der Waals surface area (Å²) in [4.78, 5) is 34.7. The number of amides is 1. The second kappa shape index (κ2) is 10.5. The Hall–Kier alpha value is -4.17. The number of anilines is 1. The summed E-state index contributed by atoms with van der Waals surface area (Å²) in [5.74, 6) is -0.245. The van der Waals surface area contributed by atoms with Crippen LogP contribution in [0.15, 0.2) is 43.0 Å². The fourth-order valence-corrected chi connectivity index (χ4v) is 4.28. The molecule has 0 saturated carbocycles. The van der Waals surface area contributed by atoms with Gasteiger partial charge in [-0.1, -0.05) is 6.07 Å². The van der Waals surface area contributed by atoms with Gasteiger partial charge in [-0.2, -0.15) is 13.2 Å². The van der Waals surface area contributed by atoms with E-state index >= 15 is 0 Å². The number of ether oxygens (including phenoxy) is 1. The Bertz CT molecular complexity index is 1510. The van der Waals surface area contributed by atoms with E-state index in [1.54, 1.807) is 17.7 Å². The van der Waals surface area contributed by atoms with E-state index in [0.717, 1.165) is 17.0 Å². The van der Waals surface area contributed by atoms with Crippen molar-refractivity contribution in [3.63, 3.8) is 0 Å². The molecule has 0 aliphatic carbocycles. The fraction of sp³-hybridized carbons (Fsp3) is 0.360. The molecule has 39 heavy (non-hydrogen) atoms. The van der Waals surface area contributed by atoms with Crippen LogP contribution in [0.1, 0.15) is 29.6 Å². The van der Waals surface area contributed by atoms with Crippen LogP contribution in [0.5, 0.6) is 0 Å². The van der Waals surface area contributed by atoms with Crippen molar-refractivity contribution in [2.75, 3.05) is 11.9 Å². The molecule has 3 N–H and O–H groups in total. The molecule has 1 fully saturated rings. The average Bonchev–Trinajstić information content (AvgIpc) is 3.48. The lowest BCUT2D eigenvalue weighted by atomic mass is 10.2. The first kappa shape index (κ1) is 26.4. The number of rotatable bonds is 7. The standard InChI is InChI=1S/C25H25F3N8O3/c1-13-6-15(9-29-8-13)20-34-21(30-10-16-5-3-4-14(2)33-16)19-22(35-20)36(12-32-19)24-17(37)7-18(39-24)23(38)31-11-25(26,27)28/h3-6,8-9,12,17-18,24,37H,7,10-11H2,1-2H3,(H,31,38)(H,30,34,35)/t17-,18+,24-/m1/s1. The first-order valence-corrected chi connectivity index (χ1v) is 12.1. The number of nitrogens with one attached hydrogen (secondary N) is 2. The molecule has 1 aliphatic heterocycles. The van der Waals surface area contributed by atoms with Crippen molar-refractivity contribution < 1.29 is 27.8 Å². The van der Waals surface area contributed by atoms with E-state index < -0.39 is 37.1 Å². The minimum Gasteiger partial charge on any atom is -0.388 e. The SMILES string of the molecule is Cc1cncc(-c2nc(NCc3cccc(C)n3)c3ncn([C@@H]4O[C@H](C(=O)NCC(F)(F)F)C[C@H]4O)c3n2)c1. The number of hydrogen-bond acceptors (Lipinski definition) is 9. The van der Waals surface area contributed by atoms with Gasteiger partial charge in [0, 0.05) is 30.1 Å². The largest absolute Gasteiger partial charge is 0.405 e. The number of alkyl halides is 3. The first-order chi connectivity index (χ1) is 18.6. The van der Waals surface area contributed by atoms with Gasteiger partial charge in [0.2, 0.25) is 5.91 Å². The smallest absolute Gasteiger partial charge is 0.388 e. The number of aliphatic hydroxyl groups excluding tert-OH is 1. The van der Waals surface area contributed by atoms with E-state index in [9.17, 15) is 23.1 Å². The predicted molar refractivity (Wildman–Crippen MR) is 133 cm³/mol. The van der Waals surface area contributed by atoms with Crippen molar-refractivity contribution in [3.05, 3.63) is 59.9 Å². The van der Waals surface area contributed by atoms with Crippen LogP contribution in [-0.4, -0.2) is 65.4 Å². The number of pyridine rings is 2. The molecular formula is C25H25F3N8O3. The van der Waals surface area contributed by atoms with Crippen LogP contribution in [-0.2, 0) is 16.1 Å². The molecule has 3 atom stereocenters. The summed E-state index contributed by atoms with van der Waals surface area (Å²) in [6.07, 6.45) is -3.66. The molecule has 0 aromatic carbocycles. The molecule has 5 heterocycles. The third-order valence-corrected chi connectivity index (χ3v) is 6.06. The zero-order chi connectivity index (χ0) is 27.7. The first-order valence-electron chi connectivity index (χ1n) is 12.1. The number of imidazole rings is 1. The van der Waals surface area contributed by atoms with Crippen molar-refractivity contribution in [2.45, 2.75) is 51.4 Å². The van der Waals surface area contributed by atoms with Gasteiger partial charge < -0.3 is 20.5 Å². The quantitative estimate of drug-likeness (QED) is 0.322. The third kappa shape index (κ3) is 5.96. The summed E-state index contributed by atoms with van der Waals surface area (Å²) in [5.41, 5.74) is 3.83. The molecular weight excluding hydrogens is 517 g/mol. The zero-order valence-corrected chi connectivity index (χ0v) is 21.0. The number of nitrogens with zero attached hydrogens (tertiary/aromatic N) is 6. The van der Waals surface area contributed by atoms with Crippen LogP contribution < -0.4 is 10.6 Å². The summed E-state index contributed by atoms with van der Waals surface area (Å²) in [6, 6.07) is 7.52. The van der Waals surface area contributed by atoms with Gasteiger partial charge in [-0.15, -0.1) is 0 Å². The predicted octanol–water partition coefficient (Wildman–Crippen LogP) is 2.84. The topological polar surface area (TPSA) is 140 Å². The highest BCUT2D eigenvalue weighted by molar-refractivity contribution is 5.85. The van der Waals surface area contributed by atoms with E-state index in [-0.39, 0.29) is 6.42 Å². The van der Waals surface area contributed by atoms with Crippen LogP contribution in [0.25, 0.3) is 22.6 Å². The van der Waals surface area contributed by atoms with Gasteiger partial charge in [0.1, 0.15) is 18.8 Å². The van der Waals surface area contributed by atoms with Crippen molar-refractivity contribution >= 4 is 22.9 Å². The number of aliphatic hydroxyl groups is 1. The molecule has 1 amide bonds. The van der Waals surface area contributed by atoms with Crippen molar-refractivity contribution in [2.24, 2.45) is 0 Å². The molecule has 5 rings (SSSR count). The Morgan fingerprint density at radius 3 is 2.77 bits per heavy atom. The summed E-state index contributed by atoms with van der Waals surface area (Å²) >= 11 is 0. The van der Waals surface area contributed by atoms with E-state index in [0.29, 0.717) is 34.9 Å². The Labute approximate surface area is 220 Å². The highest BCUT2D eigenvalue weighted by Crippen LogP contribution is 2.33. The van der Waals surface area contributed by atoms with Gasteiger partial charge in [0.25, 0.3) is 0 Å². The molecule has 0 unspecified atom stereocenters. The maximum atomic E-state index is 12.5. The Kier molecular flexibility index (Phi) is 7.14. The van der Waals surface area contributed by atoms with Crippen LogP contribution in [0, 0.1) is 13.8 Å². The van der Waals surface area contributed by atoms with Gasteiger partial charge in [-0.25, -0.2) is 15.0 Å². The Morgan fingerprint density at radius 1 is 1.21 bits per heavy atom. The number of carbonyl (C=O) groups excluding carboxylic acids is 1. The Balaban J connectivity index is 1.48. The van der Waals surface area contributed by atoms with Gasteiger partial charge in [-0.3, -0.25) is 19.3 Å². The van der Waals surface area contributed by atoms with Crippen molar-refractivity contribution in [1.82, 2.24) is 34.8 Å². The van der Waals surface area contributed by atoms with Crippen molar-refractivity contribution in [1.29, 1.82) is 0 Å². The van der Waals surface area contributed by atoms with Gasteiger partial charge >= 0.3 is 6.18 Å². The highest BCUT2D eigenvalue weighted by Gasteiger charge is 2.41. The second-order valence-corrected chi connectivity index (χ2v) is 9.25. The van der Waals surface area contributed by atoms with Crippen LogP contribution in [0.2, 0.25) is 0 Å². The zero-order valence-electron chi connectivity index (χ0n) is 21.0. The minimum atomic E-state index is -4.57. The molecule has 1 saturated heterocycles. The lowest BCUT2D eigenvalue weighted by molar-refractivity contribution is -0.146. The molecule has 204 valence electrons. The number of halogens is 3. The van der Waals surface area contributed by atoms with Gasteiger partial charge in [0.05, 0.1) is 18.6 Å². The molecule has 4 aromatic rings. The van der Waals surface area contributed by atoms with E-state index in [2.05, 4.69) is 30.2 Å². The van der Waals surface area contributed by atoms with Gasteiger partial charge in [-0.05, 0) is 37.6 Å². The summed E-state index contributed by atoms with van der Waals surface area (Å²) < 4.78 is 44.8. The molecule has 14 heteroatoms. The molecule has 11 nitrogen and oxygen atoms in total. The second-order valence-electron chi connectivity index (χ2n) is 9.25. The average molecular weight is 543 g/mol. The molecule has 4 aromatic heterocycles. The number of aromatic nitrogens is 6. The normalized spacial score (nSPS) is 19.4. The number of aryl methyl sites for hydroxylation is 2.